The molecule has 1 heterocycles. The summed E-state index contributed by atoms with van der Waals surface area (Å²) in [4.78, 5) is 23.6. The van der Waals surface area contributed by atoms with Gasteiger partial charge in [-0.1, -0.05) is 6.92 Å². The van der Waals surface area contributed by atoms with Crippen LogP contribution >= 0.6 is 0 Å². The fourth-order valence-corrected chi connectivity index (χ4v) is 2.67. The number of hydrogen-bond acceptors (Lipinski definition) is 5. The summed E-state index contributed by atoms with van der Waals surface area (Å²) in [5.74, 6) is -2.22. The fraction of sp³-hybridized carbons (Fsp3) is 0.455. The number of furan rings is 1. The average molecular weight is 304 g/mol. The zero-order chi connectivity index (χ0) is 15.5. The number of likely N-dealkylation sites (N-methyl/N-ethyl adjacent to an activating group) is 2. The summed E-state index contributed by atoms with van der Waals surface area (Å²) in [5.41, 5.74) is 0. The molecule has 20 heavy (non-hydrogen) atoms. The lowest BCUT2D eigenvalue weighted by Gasteiger charge is -2.20. The van der Waals surface area contributed by atoms with Crippen molar-refractivity contribution in [3.63, 3.8) is 0 Å². The SMILES string of the molecule is CCN(CC(=O)N(C)C)S(=O)(=O)c1ccc(C(=O)O)o1. The van der Waals surface area contributed by atoms with Gasteiger partial charge in [0, 0.05) is 20.6 Å². The Balaban J connectivity index is 3.05. The molecule has 0 radical (unpaired) electrons. The van der Waals surface area contributed by atoms with Gasteiger partial charge < -0.3 is 14.4 Å². The molecule has 0 spiro atoms. The van der Waals surface area contributed by atoms with Crippen molar-refractivity contribution in [2.75, 3.05) is 27.2 Å². The highest BCUT2D eigenvalue weighted by Gasteiger charge is 2.29. The van der Waals surface area contributed by atoms with Gasteiger partial charge in [-0.3, -0.25) is 4.79 Å². The van der Waals surface area contributed by atoms with E-state index in [4.69, 9.17) is 9.52 Å². The Morgan fingerprint density at radius 3 is 2.30 bits per heavy atom. The molecule has 0 aliphatic rings. The molecule has 0 aliphatic carbocycles. The molecule has 1 aromatic heterocycles. The number of carboxylic acid groups (broad SMARTS) is 1. The van der Waals surface area contributed by atoms with Crippen LogP contribution in [0.5, 0.6) is 0 Å². The molecule has 1 rings (SSSR count). The van der Waals surface area contributed by atoms with Gasteiger partial charge in [0.25, 0.3) is 10.0 Å². The maximum Gasteiger partial charge on any atom is 0.371 e. The monoisotopic (exact) mass is 304 g/mol. The zero-order valence-electron chi connectivity index (χ0n) is 11.4. The lowest BCUT2D eigenvalue weighted by Crippen LogP contribution is -2.40. The summed E-state index contributed by atoms with van der Waals surface area (Å²) in [5, 5.41) is 8.22. The highest BCUT2D eigenvalue weighted by Crippen LogP contribution is 2.18. The first-order valence-corrected chi connectivity index (χ1v) is 7.17. The highest BCUT2D eigenvalue weighted by molar-refractivity contribution is 7.89. The topological polar surface area (TPSA) is 108 Å². The molecule has 112 valence electrons. The normalized spacial score (nSPS) is 11.6. The Morgan fingerprint density at radius 1 is 1.30 bits per heavy atom. The van der Waals surface area contributed by atoms with E-state index in [2.05, 4.69) is 0 Å². The zero-order valence-corrected chi connectivity index (χ0v) is 12.2. The number of hydrogen-bond donors (Lipinski definition) is 1. The number of carboxylic acids is 1. The Morgan fingerprint density at radius 2 is 1.90 bits per heavy atom. The van der Waals surface area contributed by atoms with Crippen LogP contribution in [0.4, 0.5) is 0 Å². The Hall–Kier alpha value is -1.87. The van der Waals surface area contributed by atoms with E-state index in [0.717, 1.165) is 16.4 Å². The minimum atomic E-state index is -4.04. The van der Waals surface area contributed by atoms with Crippen molar-refractivity contribution in [2.45, 2.75) is 12.0 Å². The molecule has 0 atom stereocenters. The van der Waals surface area contributed by atoms with Crippen LogP contribution in [0.2, 0.25) is 0 Å². The van der Waals surface area contributed by atoms with Crippen molar-refractivity contribution in [3.8, 4) is 0 Å². The third-order valence-corrected chi connectivity index (χ3v) is 4.34. The summed E-state index contributed by atoms with van der Waals surface area (Å²) in [6.45, 7) is 1.29. The van der Waals surface area contributed by atoms with Gasteiger partial charge in [-0.2, -0.15) is 4.31 Å². The molecule has 9 heteroatoms. The van der Waals surface area contributed by atoms with Gasteiger partial charge in [-0.05, 0) is 12.1 Å². The number of rotatable bonds is 6. The first-order chi connectivity index (χ1) is 9.20. The number of carbonyl (C=O) groups excluding carboxylic acids is 1. The van der Waals surface area contributed by atoms with Crippen LogP contribution in [-0.2, 0) is 14.8 Å². The van der Waals surface area contributed by atoms with Crippen LogP contribution in [0.1, 0.15) is 17.5 Å². The molecule has 0 aliphatic heterocycles. The van der Waals surface area contributed by atoms with Gasteiger partial charge in [0.1, 0.15) is 0 Å². The van der Waals surface area contributed by atoms with Gasteiger partial charge in [0.15, 0.2) is 0 Å². The maximum absolute atomic E-state index is 12.2. The molecule has 0 saturated carbocycles. The Labute approximate surface area is 116 Å². The summed E-state index contributed by atoms with van der Waals surface area (Å²) >= 11 is 0. The second-order valence-corrected chi connectivity index (χ2v) is 6.01. The number of amides is 1. The lowest BCUT2D eigenvalue weighted by molar-refractivity contribution is -0.128. The van der Waals surface area contributed by atoms with E-state index >= 15 is 0 Å². The average Bonchev–Trinajstić information content (AvgIpc) is 2.85. The molecule has 0 bridgehead atoms. The number of aromatic carboxylic acids is 1. The maximum atomic E-state index is 12.2. The first-order valence-electron chi connectivity index (χ1n) is 5.73. The van der Waals surface area contributed by atoms with Crippen LogP contribution < -0.4 is 0 Å². The smallest absolute Gasteiger partial charge is 0.371 e. The summed E-state index contributed by atoms with van der Waals surface area (Å²) in [7, 11) is -1.01. The van der Waals surface area contributed by atoms with E-state index in [1.165, 1.54) is 19.0 Å². The standard InChI is InChI=1S/C11H16N2O6S/c1-4-13(7-9(14)12(2)3)20(17,18)10-6-5-8(19-10)11(15)16/h5-6H,4,7H2,1-3H3,(H,15,16). The molecular weight excluding hydrogens is 288 g/mol. The fourth-order valence-electron chi connectivity index (χ4n) is 1.36. The van der Waals surface area contributed by atoms with Gasteiger partial charge in [0.2, 0.25) is 16.8 Å². The van der Waals surface area contributed by atoms with Crippen LogP contribution in [0.3, 0.4) is 0 Å². The molecule has 1 N–H and O–H groups in total. The summed E-state index contributed by atoms with van der Waals surface area (Å²) in [6, 6.07) is 2.11. The number of sulfonamides is 1. The van der Waals surface area contributed by atoms with Crippen LogP contribution in [0.25, 0.3) is 0 Å². The van der Waals surface area contributed by atoms with Gasteiger partial charge in [-0.15, -0.1) is 0 Å². The molecule has 0 fully saturated rings. The second-order valence-electron chi connectivity index (χ2n) is 4.14. The second kappa shape index (κ2) is 6.06. The molecule has 1 amide bonds. The Bertz CT molecular complexity index is 604. The van der Waals surface area contributed by atoms with Crippen molar-refractivity contribution >= 4 is 21.9 Å². The summed E-state index contributed by atoms with van der Waals surface area (Å²) in [6.07, 6.45) is 0. The molecule has 8 nitrogen and oxygen atoms in total. The van der Waals surface area contributed by atoms with Crippen LogP contribution in [0, 0.1) is 0 Å². The van der Waals surface area contributed by atoms with Gasteiger partial charge in [-0.25, -0.2) is 13.2 Å². The van der Waals surface area contributed by atoms with E-state index < -0.39 is 26.8 Å². The van der Waals surface area contributed by atoms with Crippen molar-refractivity contribution in [3.05, 3.63) is 17.9 Å². The third-order valence-electron chi connectivity index (χ3n) is 2.55. The molecule has 0 unspecified atom stereocenters. The van der Waals surface area contributed by atoms with E-state index in [1.807, 2.05) is 0 Å². The third kappa shape index (κ3) is 3.36. The van der Waals surface area contributed by atoms with Crippen molar-refractivity contribution in [1.29, 1.82) is 0 Å². The predicted octanol–water partition coefficient (Wildman–Crippen LogP) is 0.0766. The molecule has 1 aromatic rings. The van der Waals surface area contributed by atoms with Crippen molar-refractivity contribution < 1.29 is 27.5 Å². The largest absolute Gasteiger partial charge is 0.475 e. The molecule has 0 aromatic carbocycles. The number of carbonyl (C=O) groups is 2. The minimum absolute atomic E-state index is 0.0605. The van der Waals surface area contributed by atoms with Crippen LogP contribution in [0.15, 0.2) is 21.6 Å². The first kappa shape index (κ1) is 16.2. The molecule has 0 saturated heterocycles. The van der Waals surface area contributed by atoms with Crippen molar-refractivity contribution in [1.82, 2.24) is 9.21 Å². The van der Waals surface area contributed by atoms with Crippen molar-refractivity contribution in [2.24, 2.45) is 0 Å². The number of nitrogens with zero attached hydrogens (tertiary/aromatic N) is 2. The minimum Gasteiger partial charge on any atom is -0.475 e. The van der Waals surface area contributed by atoms with E-state index in [-0.39, 0.29) is 19.0 Å². The van der Waals surface area contributed by atoms with E-state index in [9.17, 15) is 18.0 Å². The van der Waals surface area contributed by atoms with Crippen LogP contribution in [-0.4, -0.2) is 61.8 Å². The van der Waals surface area contributed by atoms with E-state index in [1.54, 1.807) is 6.92 Å². The van der Waals surface area contributed by atoms with E-state index in [0.29, 0.717) is 0 Å². The summed E-state index contributed by atoms with van der Waals surface area (Å²) < 4.78 is 30.1. The lowest BCUT2D eigenvalue weighted by atomic mass is 10.5. The van der Waals surface area contributed by atoms with Gasteiger partial charge >= 0.3 is 5.97 Å². The molecular formula is C11H16N2O6S. The highest BCUT2D eigenvalue weighted by atomic mass is 32.2. The predicted molar refractivity (Wildman–Crippen MR) is 68.8 cm³/mol. The Kier molecular flexibility index (Phi) is 4.90. The quantitative estimate of drug-likeness (QED) is 0.797. The van der Waals surface area contributed by atoms with Gasteiger partial charge in [0.05, 0.1) is 6.54 Å².